The molecule has 0 fully saturated rings. The molecule has 0 amide bonds. The third kappa shape index (κ3) is 37.5. The molecule has 0 aromatic rings. The van der Waals surface area contributed by atoms with Crippen molar-refractivity contribution in [1.82, 2.24) is 19.6 Å². The monoisotopic (exact) mass is 988 g/mol. The van der Waals surface area contributed by atoms with Crippen molar-refractivity contribution in [2.45, 2.75) is 116 Å². The minimum atomic E-state index is -5.57. The van der Waals surface area contributed by atoms with E-state index < -0.39 is 108 Å². The maximum atomic E-state index is 12.0. The van der Waals surface area contributed by atoms with E-state index in [0.29, 0.717) is 18.9 Å². The molecule has 0 bridgehead atoms. The van der Waals surface area contributed by atoms with Gasteiger partial charge in [0.05, 0.1) is 19.6 Å². The predicted molar refractivity (Wildman–Crippen MR) is 168 cm³/mol. The van der Waals surface area contributed by atoms with Gasteiger partial charge in [-0.1, -0.05) is 38.3 Å². The quantitative estimate of drug-likeness (QED) is 0.0329. The molecule has 34 heteroatoms. The molecule has 0 aliphatic rings. The van der Waals surface area contributed by atoms with Crippen LogP contribution in [0.1, 0.15) is 66.6 Å². The molecule has 0 heterocycles. The number of alkyl halides is 24. The zero-order chi connectivity index (χ0) is 48.6. The van der Waals surface area contributed by atoms with Gasteiger partial charge in [0.2, 0.25) is 0 Å². The van der Waals surface area contributed by atoms with Crippen LogP contribution < -0.4 is 18.9 Å². The van der Waals surface area contributed by atoms with E-state index in [1.165, 1.54) is 6.92 Å². The Bertz CT molecular complexity index is 1090. The number of unbranched alkanes of at least 4 members (excludes halogenated alkanes) is 5. The minimum absolute atomic E-state index is 0. The van der Waals surface area contributed by atoms with Gasteiger partial charge in [0.15, 0.2) is 17.4 Å². The Balaban J connectivity index is -0.000000132. The van der Waals surface area contributed by atoms with Crippen LogP contribution in [0.3, 0.4) is 0 Å². The summed E-state index contributed by atoms with van der Waals surface area (Å²) in [6.45, 7) is -2.11. The molecule has 0 atom stereocenters. The van der Waals surface area contributed by atoms with Gasteiger partial charge in [0.1, 0.15) is 6.29 Å². The summed E-state index contributed by atoms with van der Waals surface area (Å²) in [7, 11) is 0. The van der Waals surface area contributed by atoms with Gasteiger partial charge in [0.25, 0.3) is 0 Å². The second kappa shape index (κ2) is 31.9. The fourth-order valence-corrected chi connectivity index (χ4v) is 3.41. The van der Waals surface area contributed by atoms with Gasteiger partial charge in [-0.15, -0.1) is 19.6 Å². The number of esters is 1. The van der Waals surface area contributed by atoms with E-state index in [9.17, 15) is 115 Å². The molecule has 370 valence electrons. The molecule has 0 aromatic carbocycles. The summed E-state index contributed by atoms with van der Waals surface area (Å²) in [6.07, 6.45) is -41.3. The van der Waals surface area contributed by atoms with Crippen LogP contribution in [-0.4, -0.2) is 144 Å². The number of aliphatic hydroxyl groups excluding tert-OH is 1. The maximum absolute atomic E-state index is 12.0. The third-order valence-corrected chi connectivity index (χ3v) is 6.03. The van der Waals surface area contributed by atoms with Crippen LogP contribution in [0.5, 0.6) is 0 Å². The van der Waals surface area contributed by atoms with Crippen LogP contribution in [0.25, 0.3) is 0 Å². The van der Waals surface area contributed by atoms with Crippen LogP contribution in [0, 0.1) is 0 Å². The average molecular weight is 989 g/mol. The minimum Gasteiger partial charge on any atom is -1.00 e. The second-order valence-electron chi connectivity index (χ2n) is 10.8. The van der Waals surface area contributed by atoms with E-state index in [2.05, 4.69) is 4.74 Å². The van der Waals surface area contributed by atoms with Crippen molar-refractivity contribution in [2.75, 3.05) is 39.4 Å². The van der Waals surface area contributed by atoms with Gasteiger partial charge in [-0.2, -0.15) is 105 Å². The molecule has 0 saturated carbocycles. The Kier molecular flexibility index (Phi) is 36.9. The summed E-state index contributed by atoms with van der Waals surface area (Å²) >= 11 is 0. The summed E-state index contributed by atoms with van der Waals surface area (Å²) in [5.41, 5.74) is 0. The Morgan fingerprint density at radius 3 is 1.05 bits per heavy atom. The largest absolute Gasteiger partial charge is 1.00 e. The van der Waals surface area contributed by atoms with Crippen molar-refractivity contribution in [2.24, 2.45) is 0 Å². The maximum Gasteiger partial charge on any atom is 1.00 e. The van der Waals surface area contributed by atoms with Crippen LogP contribution in [0.2, 0.25) is 0 Å². The van der Waals surface area contributed by atoms with Gasteiger partial charge in [-0.3, -0.25) is 4.79 Å². The van der Waals surface area contributed by atoms with Crippen molar-refractivity contribution < 1.29 is 145 Å². The molecule has 0 aromatic heterocycles. The molecule has 0 radical (unpaired) electrons. The number of carbonyl (C=O) groups excluding carboxylic acids is 2. The standard InChI is InChI=1S/C9H11F6NO2.C8H13F6N.C7H11F6NO.C4H3F6NO.Al.Li.4H/c1-2-18-7(17)5-3-4-6-16(8(10,11)12)9(13,14)15;1-2-3-4-5-6-15(7(9,10)11)8(12,13)14;8-6(9,10)14(7(11,12)13)4-2-1-3-5-15;5-3(6,7)11(1-2-12)4(8,9)10;;;;;;/h3-4H,2,5-6H2,1H3;2-6H2,1H3;15H,1-5H2;2H,1H2;;;;;;/q;;;;;+1;;;;-1/b4-3+;;;;;;;;;. The first-order valence-electron chi connectivity index (χ1n) is 16.2. The van der Waals surface area contributed by atoms with E-state index in [1.54, 1.807) is 0 Å². The predicted octanol–water partition coefficient (Wildman–Crippen LogP) is 6.70. The molecular weight excluding hydrogens is 946 g/mol. The third-order valence-electron chi connectivity index (χ3n) is 6.03. The Morgan fingerprint density at radius 1 is 0.500 bits per heavy atom. The van der Waals surface area contributed by atoms with E-state index in [-0.39, 0.29) is 83.0 Å². The number of rotatable bonds is 17. The molecular formula is C28H42AlF24LiN4O4. The summed E-state index contributed by atoms with van der Waals surface area (Å²) in [6, 6.07) is 0. The number of nitrogens with zero attached hydrogens (tertiary/aromatic N) is 4. The fraction of sp³-hybridized carbons (Fsp3) is 0.857. The van der Waals surface area contributed by atoms with Crippen molar-refractivity contribution in [1.29, 1.82) is 0 Å². The molecule has 0 rings (SSSR count). The SMILES string of the molecule is CCCCCCN(C(F)(F)F)C(F)(F)F.CCOC(=O)C/C=C/CN(C(F)(F)F)C(F)(F)F.O=CCN(C(F)(F)F)C(F)(F)F.OCCCCCN(C(F)(F)F)C(F)(F)F.[AlH3].[H-].[Li+]. The number of halogens is 24. The van der Waals surface area contributed by atoms with Gasteiger partial charge in [0, 0.05) is 26.2 Å². The van der Waals surface area contributed by atoms with Gasteiger partial charge in [-0.25, -0.2) is 0 Å². The smallest absolute Gasteiger partial charge is 1.00 e. The summed E-state index contributed by atoms with van der Waals surface area (Å²) in [5.74, 6) is -0.723. The molecule has 0 aliphatic carbocycles. The van der Waals surface area contributed by atoms with Crippen LogP contribution in [-0.2, 0) is 14.3 Å². The first kappa shape index (κ1) is 71.8. The van der Waals surface area contributed by atoms with Crippen molar-refractivity contribution in [3.63, 3.8) is 0 Å². The fourth-order valence-electron chi connectivity index (χ4n) is 3.41. The molecule has 0 unspecified atom stereocenters. The Morgan fingerprint density at radius 2 is 0.806 bits per heavy atom. The van der Waals surface area contributed by atoms with E-state index in [0.717, 1.165) is 12.5 Å². The summed E-state index contributed by atoms with van der Waals surface area (Å²) in [5, 5.41) is 8.29. The van der Waals surface area contributed by atoms with Crippen molar-refractivity contribution in [3.05, 3.63) is 12.2 Å². The van der Waals surface area contributed by atoms with E-state index >= 15 is 0 Å². The second-order valence-corrected chi connectivity index (χ2v) is 10.8. The summed E-state index contributed by atoms with van der Waals surface area (Å²) < 4.78 is 288. The van der Waals surface area contributed by atoms with E-state index in [4.69, 9.17) is 5.11 Å². The van der Waals surface area contributed by atoms with Crippen LogP contribution >= 0.6 is 0 Å². The average Bonchev–Trinajstić information content (AvgIpc) is 2.99. The number of aliphatic hydroxyl groups is 1. The molecule has 0 spiro atoms. The van der Waals surface area contributed by atoms with Gasteiger partial charge in [-0.05, 0) is 32.6 Å². The Hall–Kier alpha value is -1.87. The van der Waals surface area contributed by atoms with Crippen molar-refractivity contribution >= 4 is 29.6 Å². The molecule has 0 aliphatic heterocycles. The number of carbonyl (C=O) groups is 2. The number of ether oxygens (including phenoxy) is 1. The van der Waals surface area contributed by atoms with E-state index in [1.807, 2.05) is 6.92 Å². The zero-order valence-electron chi connectivity index (χ0n) is 32.7. The molecule has 0 saturated heterocycles. The number of hydrogen-bond acceptors (Lipinski definition) is 8. The number of aldehydes is 1. The van der Waals surface area contributed by atoms with Crippen LogP contribution in [0.4, 0.5) is 105 Å². The molecule has 1 N–H and O–H groups in total. The molecule has 62 heavy (non-hydrogen) atoms. The number of hydrogen-bond donors (Lipinski definition) is 1. The first-order valence-corrected chi connectivity index (χ1v) is 16.2. The van der Waals surface area contributed by atoms with Crippen LogP contribution in [0.15, 0.2) is 12.2 Å². The normalized spacial score (nSPS) is 13.1. The van der Waals surface area contributed by atoms with Crippen molar-refractivity contribution in [3.8, 4) is 0 Å². The molecule has 8 nitrogen and oxygen atoms in total. The zero-order valence-corrected chi connectivity index (χ0v) is 31.7. The Labute approximate surface area is 361 Å². The van der Waals surface area contributed by atoms with Gasteiger partial charge >= 0.3 is 75.2 Å². The summed E-state index contributed by atoms with van der Waals surface area (Å²) in [4.78, 5) is 14.0. The van der Waals surface area contributed by atoms with Gasteiger partial charge < -0.3 is 16.1 Å². The topological polar surface area (TPSA) is 76.6 Å². The first-order chi connectivity index (χ1) is 26.7.